The Balaban J connectivity index is 1.91. The summed E-state index contributed by atoms with van der Waals surface area (Å²) in [4.78, 5) is 2.45. The predicted octanol–water partition coefficient (Wildman–Crippen LogP) is 2.24. The standard InChI is InChI=1S/C15H27N3O/c1-4-8-17-10-6-15(19,7-11-17)12-14-5-9-18(16-14)13(2)3/h5,9,13,19H,4,6-8,10-12H2,1-3H3. The van der Waals surface area contributed by atoms with Gasteiger partial charge in [-0.1, -0.05) is 6.92 Å². The smallest absolute Gasteiger partial charge is 0.0728 e. The van der Waals surface area contributed by atoms with E-state index < -0.39 is 5.60 Å². The minimum absolute atomic E-state index is 0.384. The van der Waals surface area contributed by atoms with Gasteiger partial charge in [0.2, 0.25) is 0 Å². The van der Waals surface area contributed by atoms with Crippen LogP contribution >= 0.6 is 0 Å². The first kappa shape index (κ1) is 14.5. The fourth-order valence-electron chi connectivity index (χ4n) is 2.78. The SMILES string of the molecule is CCCN1CCC(O)(Cc2ccn(C(C)C)n2)CC1. The third-order valence-corrected chi connectivity index (χ3v) is 4.03. The molecule has 0 aliphatic carbocycles. The average Bonchev–Trinajstić information content (AvgIpc) is 2.81. The van der Waals surface area contributed by atoms with Gasteiger partial charge in [-0.25, -0.2) is 0 Å². The summed E-state index contributed by atoms with van der Waals surface area (Å²) in [6.07, 6.45) is 5.61. The van der Waals surface area contributed by atoms with Gasteiger partial charge >= 0.3 is 0 Å². The van der Waals surface area contributed by atoms with Crippen molar-refractivity contribution >= 4 is 0 Å². The molecule has 0 atom stereocenters. The fourth-order valence-corrected chi connectivity index (χ4v) is 2.78. The number of hydrogen-bond acceptors (Lipinski definition) is 3. The number of nitrogens with zero attached hydrogens (tertiary/aromatic N) is 3. The van der Waals surface area contributed by atoms with Crippen molar-refractivity contribution in [2.24, 2.45) is 0 Å². The first-order chi connectivity index (χ1) is 9.02. The summed E-state index contributed by atoms with van der Waals surface area (Å²) in [6.45, 7) is 9.62. The van der Waals surface area contributed by atoms with Gasteiger partial charge in [-0.3, -0.25) is 4.68 Å². The van der Waals surface area contributed by atoms with E-state index in [9.17, 15) is 5.11 Å². The summed E-state index contributed by atoms with van der Waals surface area (Å²) in [5, 5.41) is 15.2. The lowest BCUT2D eigenvalue weighted by atomic mass is 9.87. The van der Waals surface area contributed by atoms with Crippen molar-refractivity contribution in [2.75, 3.05) is 19.6 Å². The Morgan fingerprint density at radius 2 is 2.05 bits per heavy atom. The molecule has 0 unspecified atom stereocenters. The summed E-state index contributed by atoms with van der Waals surface area (Å²) < 4.78 is 1.96. The highest BCUT2D eigenvalue weighted by atomic mass is 16.3. The van der Waals surface area contributed by atoms with Gasteiger partial charge in [0.1, 0.15) is 0 Å². The Hall–Kier alpha value is -0.870. The van der Waals surface area contributed by atoms with Crippen molar-refractivity contribution in [3.8, 4) is 0 Å². The van der Waals surface area contributed by atoms with Crippen molar-refractivity contribution < 1.29 is 5.11 Å². The van der Waals surface area contributed by atoms with Gasteiger partial charge in [-0.2, -0.15) is 5.10 Å². The van der Waals surface area contributed by atoms with Crippen LogP contribution in [0.1, 0.15) is 51.8 Å². The number of hydrogen-bond donors (Lipinski definition) is 1. The highest BCUT2D eigenvalue weighted by Crippen LogP contribution is 2.26. The van der Waals surface area contributed by atoms with Crippen molar-refractivity contribution in [1.82, 2.24) is 14.7 Å². The van der Waals surface area contributed by atoms with E-state index in [2.05, 4.69) is 30.8 Å². The van der Waals surface area contributed by atoms with E-state index in [0.29, 0.717) is 12.5 Å². The zero-order valence-electron chi connectivity index (χ0n) is 12.5. The van der Waals surface area contributed by atoms with Crippen LogP contribution in [-0.2, 0) is 6.42 Å². The van der Waals surface area contributed by atoms with E-state index in [1.807, 2.05) is 16.9 Å². The van der Waals surface area contributed by atoms with Crippen LogP contribution in [0.15, 0.2) is 12.3 Å². The molecule has 19 heavy (non-hydrogen) atoms. The lowest BCUT2D eigenvalue weighted by Crippen LogP contribution is -2.45. The minimum atomic E-state index is -0.555. The zero-order valence-corrected chi connectivity index (χ0v) is 12.5. The van der Waals surface area contributed by atoms with Gasteiger partial charge < -0.3 is 10.0 Å². The zero-order chi connectivity index (χ0) is 13.9. The monoisotopic (exact) mass is 265 g/mol. The van der Waals surface area contributed by atoms with Gasteiger partial charge in [-0.15, -0.1) is 0 Å². The Morgan fingerprint density at radius 1 is 1.37 bits per heavy atom. The number of aliphatic hydroxyl groups is 1. The predicted molar refractivity (Wildman–Crippen MR) is 77.2 cm³/mol. The Morgan fingerprint density at radius 3 is 2.58 bits per heavy atom. The topological polar surface area (TPSA) is 41.3 Å². The van der Waals surface area contributed by atoms with Crippen molar-refractivity contribution in [3.63, 3.8) is 0 Å². The van der Waals surface area contributed by atoms with Crippen molar-refractivity contribution in [1.29, 1.82) is 0 Å². The summed E-state index contributed by atoms with van der Waals surface area (Å²) >= 11 is 0. The molecule has 1 fully saturated rings. The van der Waals surface area contributed by atoms with Crippen LogP contribution in [0.5, 0.6) is 0 Å². The Kier molecular flexibility index (Phi) is 4.63. The maximum Gasteiger partial charge on any atom is 0.0728 e. The largest absolute Gasteiger partial charge is 0.389 e. The average molecular weight is 265 g/mol. The molecule has 1 N–H and O–H groups in total. The normalized spacial score (nSPS) is 20.1. The van der Waals surface area contributed by atoms with Crippen LogP contribution in [-0.4, -0.2) is 45.0 Å². The number of likely N-dealkylation sites (tertiary alicyclic amines) is 1. The van der Waals surface area contributed by atoms with Crippen molar-refractivity contribution in [3.05, 3.63) is 18.0 Å². The second-order valence-electron chi connectivity index (χ2n) is 6.12. The lowest BCUT2D eigenvalue weighted by Gasteiger charge is -2.37. The van der Waals surface area contributed by atoms with Gasteiger partial charge in [0.05, 0.1) is 11.3 Å². The molecule has 1 aromatic heterocycles. The van der Waals surface area contributed by atoms with Crippen LogP contribution in [0.2, 0.25) is 0 Å². The number of aromatic nitrogens is 2. The van der Waals surface area contributed by atoms with E-state index in [-0.39, 0.29) is 0 Å². The molecule has 4 nitrogen and oxygen atoms in total. The molecular formula is C15H27N3O. The number of rotatable bonds is 5. The molecule has 1 aliphatic heterocycles. The van der Waals surface area contributed by atoms with Crippen LogP contribution in [0.25, 0.3) is 0 Å². The molecule has 0 radical (unpaired) electrons. The van der Waals surface area contributed by atoms with Gasteiger partial charge in [0.25, 0.3) is 0 Å². The molecule has 0 aromatic carbocycles. The third kappa shape index (κ3) is 3.80. The molecular weight excluding hydrogens is 238 g/mol. The molecule has 0 saturated carbocycles. The van der Waals surface area contributed by atoms with Gasteiger partial charge in [0.15, 0.2) is 0 Å². The van der Waals surface area contributed by atoms with Gasteiger partial charge in [0, 0.05) is 31.7 Å². The van der Waals surface area contributed by atoms with Crippen LogP contribution in [0.4, 0.5) is 0 Å². The van der Waals surface area contributed by atoms with Crippen LogP contribution in [0.3, 0.4) is 0 Å². The first-order valence-corrected chi connectivity index (χ1v) is 7.51. The summed E-state index contributed by atoms with van der Waals surface area (Å²) in [5.41, 5.74) is 0.459. The maximum atomic E-state index is 10.7. The lowest BCUT2D eigenvalue weighted by molar-refractivity contribution is -0.0212. The summed E-state index contributed by atoms with van der Waals surface area (Å²) in [5.74, 6) is 0. The molecule has 1 saturated heterocycles. The highest BCUT2D eigenvalue weighted by molar-refractivity contribution is 5.05. The third-order valence-electron chi connectivity index (χ3n) is 4.03. The van der Waals surface area contributed by atoms with Gasteiger partial charge in [-0.05, 0) is 45.7 Å². The van der Waals surface area contributed by atoms with Crippen molar-refractivity contribution in [2.45, 2.75) is 58.1 Å². The number of piperidine rings is 1. The molecule has 108 valence electrons. The maximum absolute atomic E-state index is 10.7. The summed E-state index contributed by atoms with van der Waals surface area (Å²) in [7, 11) is 0. The summed E-state index contributed by atoms with van der Waals surface area (Å²) in [6, 6.07) is 2.42. The second kappa shape index (κ2) is 6.06. The van der Waals surface area contributed by atoms with E-state index in [1.54, 1.807) is 0 Å². The second-order valence-corrected chi connectivity index (χ2v) is 6.12. The molecule has 0 spiro atoms. The first-order valence-electron chi connectivity index (χ1n) is 7.51. The molecule has 4 heteroatoms. The molecule has 0 bridgehead atoms. The molecule has 0 amide bonds. The molecule has 1 aromatic rings. The Bertz CT molecular complexity index is 392. The molecule has 2 heterocycles. The van der Waals surface area contributed by atoms with E-state index in [4.69, 9.17) is 0 Å². The fraction of sp³-hybridized carbons (Fsp3) is 0.800. The van der Waals surface area contributed by atoms with E-state index in [1.165, 1.54) is 6.42 Å². The molecule has 1 aliphatic rings. The Labute approximate surface area is 116 Å². The van der Waals surface area contributed by atoms with E-state index in [0.717, 1.165) is 38.2 Å². The quantitative estimate of drug-likeness (QED) is 0.887. The van der Waals surface area contributed by atoms with Crippen LogP contribution in [0, 0.1) is 0 Å². The minimum Gasteiger partial charge on any atom is -0.389 e. The highest BCUT2D eigenvalue weighted by Gasteiger charge is 2.32. The van der Waals surface area contributed by atoms with E-state index >= 15 is 0 Å². The van der Waals surface area contributed by atoms with Crippen LogP contribution < -0.4 is 0 Å². The molecule has 2 rings (SSSR count).